The van der Waals surface area contributed by atoms with E-state index in [0.717, 1.165) is 39.1 Å². The van der Waals surface area contributed by atoms with Gasteiger partial charge in [-0.25, -0.2) is 8.42 Å². The molecule has 2 aliphatic rings. The van der Waals surface area contributed by atoms with E-state index in [0.29, 0.717) is 12.4 Å². The van der Waals surface area contributed by atoms with Crippen LogP contribution in [-0.4, -0.2) is 52.4 Å². The molecule has 0 N–H and O–H groups in total. The van der Waals surface area contributed by atoms with Gasteiger partial charge in [-0.2, -0.15) is 0 Å². The maximum atomic E-state index is 11.7. The molecular weight excluding hydrogens is 362 g/mol. The van der Waals surface area contributed by atoms with Crippen molar-refractivity contribution in [2.45, 2.75) is 23.3 Å². The first kappa shape index (κ1) is 18.5. The Kier molecular flexibility index (Phi) is 4.97. The van der Waals surface area contributed by atoms with Crippen LogP contribution in [0.4, 0.5) is 0 Å². The Labute approximate surface area is 160 Å². The molecule has 0 radical (unpaired) electrons. The average molecular weight is 388 g/mol. The topological polar surface area (TPSA) is 55.8 Å². The number of hydrogen-bond donors (Lipinski definition) is 0. The summed E-state index contributed by atoms with van der Waals surface area (Å²) in [6.45, 7) is 3.78. The quantitative estimate of drug-likeness (QED) is 0.789. The van der Waals surface area contributed by atoms with Gasteiger partial charge in [0.05, 0.1) is 11.5 Å². The summed E-state index contributed by atoms with van der Waals surface area (Å²) in [7, 11) is -3.22. The number of fused-ring (bicyclic) bond motifs is 2. The van der Waals surface area contributed by atoms with E-state index in [4.69, 9.17) is 9.47 Å². The molecule has 144 valence electrons. The van der Waals surface area contributed by atoms with Gasteiger partial charge in [-0.15, -0.1) is 0 Å². The van der Waals surface area contributed by atoms with E-state index in [1.807, 2.05) is 0 Å². The molecule has 2 aromatic rings. The Hall–Kier alpha value is -1.89. The van der Waals surface area contributed by atoms with Crippen LogP contribution in [0.2, 0.25) is 0 Å². The molecule has 0 amide bonds. The molecule has 2 aromatic carbocycles. The first-order valence-electron chi connectivity index (χ1n) is 9.34. The van der Waals surface area contributed by atoms with Crippen molar-refractivity contribution in [2.75, 3.05) is 39.1 Å². The lowest BCUT2D eigenvalue weighted by Gasteiger charge is -2.41. The second kappa shape index (κ2) is 7.26. The SMILES string of the molecule is CS(=O)(=O)c1cccc(OCCN2CCOC3(CCc4ccccc43)C2)c1. The third kappa shape index (κ3) is 3.88. The van der Waals surface area contributed by atoms with Crippen LogP contribution >= 0.6 is 0 Å². The minimum absolute atomic E-state index is 0.189. The molecule has 1 saturated heterocycles. The molecule has 0 bridgehead atoms. The van der Waals surface area contributed by atoms with E-state index in [-0.39, 0.29) is 10.5 Å². The van der Waals surface area contributed by atoms with E-state index in [9.17, 15) is 8.42 Å². The molecule has 0 aromatic heterocycles. The highest BCUT2D eigenvalue weighted by Gasteiger charge is 2.43. The Morgan fingerprint density at radius 2 is 2.04 bits per heavy atom. The van der Waals surface area contributed by atoms with Crippen molar-refractivity contribution in [2.24, 2.45) is 0 Å². The van der Waals surface area contributed by atoms with Crippen molar-refractivity contribution in [1.82, 2.24) is 4.90 Å². The number of rotatable bonds is 5. The van der Waals surface area contributed by atoms with Gasteiger partial charge >= 0.3 is 0 Å². The molecule has 1 aliphatic carbocycles. The molecule has 6 heteroatoms. The molecule has 1 unspecified atom stereocenters. The molecule has 1 fully saturated rings. The number of benzene rings is 2. The fourth-order valence-corrected chi connectivity index (χ4v) is 4.76. The highest BCUT2D eigenvalue weighted by atomic mass is 32.2. The second-order valence-corrected chi connectivity index (χ2v) is 9.39. The summed E-state index contributed by atoms with van der Waals surface area (Å²) in [5.74, 6) is 0.590. The molecule has 1 heterocycles. The van der Waals surface area contributed by atoms with Crippen LogP contribution in [0, 0.1) is 0 Å². The molecule has 1 aliphatic heterocycles. The van der Waals surface area contributed by atoms with Gasteiger partial charge in [0.2, 0.25) is 0 Å². The van der Waals surface area contributed by atoms with Gasteiger partial charge in [0, 0.05) is 25.9 Å². The summed E-state index contributed by atoms with van der Waals surface area (Å²) in [6, 6.07) is 15.3. The van der Waals surface area contributed by atoms with Gasteiger partial charge in [0.15, 0.2) is 9.84 Å². The zero-order valence-corrected chi connectivity index (χ0v) is 16.4. The first-order valence-corrected chi connectivity index (χ1v) is 11.2. The number of nitrogens with zero attached hydrogens (tertiary/aromatic N) is 1. The van der Waals surface area contributed by atoms with Gasteiger partial charge in [-0.3, -0.25) is 4.90 Å². The van der Waals surface area contributed by atoms with E-state index >= 15 is 0 Å². The Bertz CT molecular complexity index is 923. The summed E-state index contributed by atoms with van der Waals surface area (Å²) in [5.41, 5.74) is 2.54. The maximum Gasteiger partial charge on any atom is 0.175 e. The highest BCUT2D eigenvalue weighted by Crippen LogP contribution is 2.42. The summed E-state index contributed by atoms with van der Waals surface area (Å²) < 4.78 is 35.4. The lowest BCUT2D eigenvalue weighted by Crippen LogP contribution is -2.49. The fourth-order valence-electron chi connectivity index (χ4n) is 4.10. The third-order valence-corrected chi connectivity index (χ3v) is 6.59. The maximum absolute atomic E-state index is 11.7. The van der Waals surface area contributed by atoms with Crippen molar-refractivity contribution < 1.29 is 17.9 Å². The number of ether oxygens (including phenoxy) is 2. The van der Waals surface area contributed by atoms with E-state index in [2.05, 4.69) is 29.2 Å². The van der Waals surface area contributed by atoms with Gasteiger partial charge in [-0.1, -0.05) is 30.3 Å². The van der Waals surface area contributed by atoms with E-state index in [1.165, 1.54) is 17.4 Å². The van der Waals surface area contributed by atoms with Crippen LogP contribution in [0.1, 0.15) is 17.5 Å². The predicted molar refractivity (Wildman–Crippen MR) is 104 cm³/mol. The van der Waals surface area contributed by atoms with Crippen LogP contribution < -0.4 is 4.74 Å². The largest absolute Gasteiger partial charge is 0.492 e. The Morgan fingerprint density at radius 1 is 1.19 bits per heavy atom. The normalized spacial score (nSPS) is 22.7. The van der Waals surface area contributed by atoms with Crippen LogP contribution in [0.3, 0.4) is 0 Å². The number of morpholine rings is 1. The number of hydrogen-bond acceptors (Lipinski definition) is 5. The molecule has 0 saturated carbocycles. The van der Waals surface area contributed by atoms with Gasteiger partial charge in [0.1, 0.15) is 18.0 Å². The number of sulfone groups is 1. The minimum atomic E-state index is -3.22. The predicted octanol–water partition coefficient (Wildman–Crippen LogP) is 2.64. The van der Waals surface area contributed by atoms with Crippen molar-refractivity contribution in [3.05, 3.63) is 59.7 Å². The zero-order valence-electron chi connectivity index (χ0n) is 15.6. The average Bonchev–Trinajstić information content (AvgIpc) is 3.00. The smallest absolute Gasteiger partial charge is 0.175 e. The summed E-state index contributed by atoms with van der Waals surface area (Å²) in [5, 5.41) is 0. The Morgan fingerprint density at radius 3 is 2.89 bits per heavy atom. The summed E-state index contributed by atoms with van der Waals surface area (Å²) >= 11 is 0. The van der Waals surface area contributed by atoms with Crippen molar-refractivity contribution >= 4 is 9.84 Å². The first-order chi connectivity index (χ1) is 13.0. The molecule has 5 nitrogen and oxygen atoms in total. The van der Waals surface area contributed by atoms with Crippen molar-refractivity contribution in [3.8, 4) is 5.75 Å². The highest BCUT2D eigenvalue weighted by molar-refractivity contribution is 7.90. The standard InChI is InChI=1S/C21H25NO4S/c1-27(23,24)19-7-4-6-18(15-19)25-13-11-22-12-14-26-21(16-22)10-9-17-5-2-3-8-20(17)21/h2-8,15H,9-14,16H2,1H3. The lowest BCUT2D eigenvalue weighted by atomic mass is 9.93. The minimum Gasteiger partial charge on any atom is -0.492 e. The van der Waals surface area contributed by atoms with Crippen LogP contribution in [0.15, 0.2) is 53.4 Å². The molecule has 1 atom stereocenters. The fraction of sp³-hybridized carbons (Fsp3) is 0.429. The number of aryl methyl sites for hydroxylation is 1. The van der Waals surface area contributed by atoms with E-state index < -0.39 is 9.84 Å². The molecule has 4 rings (SSSR count). The Balaban J connectivity index is 1.37. The summed E-state index contributed by atoms with van der Waals surface area (Å²) in [6.07, 6.45) is 3.30. The third-order valence-electron chi connectivity index (χ3n) is 5.48. The second-order valence-electron chi connectivity index (χ2n) is 7.37. The van der Waals surface area contributed by atoms with Gasteiger partial charge < -0.3 is 9.47 Å². The van der Waals surface area contributed by atoms with Crippen LogP contribution in [0.5, 0.6) is 5.75 Å². The molecule has 1 spiro atoms. The summed E-state index contributed by atoms with van der Waals surface area (Å²) in [4.78, 5) is 2.67. The van der Waals surface area contributed by atoms with Crippen LogP contribution in [0.25, 0.3) is 0 Å². The molecule has 27 heavy (non-hydrogen) atoms. The van der Waals surface area contributed by atoms with Gasteiger partial charge in [0.25, 0.3) is 0 Å². The molecular formula is C21H25NO4S. The van der Waals surface area contributed by atoms with Crippen LogP contribution in [-0.2, 0) is 26.6 Å². The zero-order chi connectivity index (χ0) is 18.9. The van der Waals surface area contributed by atoms with Crippen molar-refractivity contribution in [3.63, 3.8) is 0 Å². The van der Waals surface area contributed by atoms with Crippen molar-refractivity contribution in [1.29, 1.82) is 0 Å². The van der Waals surface area contributed by atoms with Gasteiger partial charge in [-0.05, 0) is 42.2 Å². The van der Waals surface area contributed by atoms with E-state index in [1.54, 1.807) is 24.3 Å². The lowest BCUT2D eigenvalue weighted by molar-refractivity contribution is -0.114. The monoisotopic (exact) mass is 387 g/mol.